The van der Waals surface area contributed by atoms with Gasteiger partial charge in [-0.3, -0.25) is 4.98 Å². The number of nitrogens with one attached hydrogen (secondary N) is 1. The van der Waals surface area contributed by atoms with Gasteiger partial charge in [-0.2, -0.15) is 0 Å². The zero-order valence-corrected chi connectivity index (χ0v) is 11.7. The maximum Gasteiger partial charge on any atom is 0.138 e. The first kappa shape index (κ1) is 13.9. The minimum atomic E-state index is 0.139. The average Bonchev–Trinajstić information content (AvgIpc) is 2.93. The molecule has 0 spiro atoms. The Morgan fingerprint density at radius 3 is 3.11 bits per heavy atom. The van der Waals surface area contributed by atoms with E-state index in [0.717, 1.165) is 17.9 Å². The summed E-state index contributed by atoms with van der Waals surface area (Å²) < 4.78 is 11.3. The first-order valence-corrected chi connectivity index (χ1v) is 6.88. The highest BCUT2D eigenvalue weighted by molar-refractivity contribution is 5.57. The Bertz CT molecular complexity index is 428. The molecule has 4 heteroatoms. The molecule has 0 aromatic carbocycles. The first-order chi connectivity index (χ1) is 9.20. The van der Waals surface area contributed by atoms with E-state index in [2.05, 4.69) is 23.8 Å². The van der Waals surface area contributed by atoms with Crippen LogP contribution in [0.15, 0.2) is 25.0 Å². The quantitative estimate of drug-likeness (QED) is 0.800. The summed E-state index contributed by atoms with van der Waals surface area (Å²) >= 11 is 0. The lowest BCUT2D eigenvalue weighted by Crippen LogP contribution is -2.36. The van der Waals surface area contributed by atoms with Crippen LogP contribution in [0.2, 0.25) is 0 Å². The van der Waals surface area contributed by atoms with Gasteiger partial charge in [0.25, 0.3) is 0 Å². The second-order valence-electron chi connectivity index (χ2n) is 4.79. The van der Waals surface area contributed by atoms with Crippen LogP contribution in [0.25, 0.3) is 5.76 Å². The van der Waals surface area contributed by atoms with Gasteiger partial charge in [-0.1, -0.05) is 6.58 Å². The molecule has 1 unspecified atom stereocenters. The van der Waals surface area contributed by atoms with Crippen molar-refractivity contribution in [1.82, 2.24) is 10.3 Å². The Kier molecular flexibility index (Phi) is 4.80. The van der Waals surface area contributed by atoms with E-state index in [9.17, 15) is 0 Å². The van der Waals surface area contributed by atoms with Crippen molar-refractivity contribution in [3.8, 4) is 5.75 Å². The first-order valence-electron chi connectivity index (χ1n) is 6.88. The predicted octanol–water partition coefficient (Wildman–Crippen LogP) is 2.61. The molecule has 0 amide bonds. The van der Waals surface area contributed by atoms with E-state index in [1.54, 1.807) is 12.4 Å². The Morgan fingerprint density at radius 1 is 1.58 bits per heavy atom. The highest BCUT2D eigenvalue weighted by Crippen LogP contribution is 2.21. The summed E-state index contributed by atoms with van der Waals surface area (Å²) in [6.45, 7) is 9.59. The summed E-state index contributed by atoms with van der Waals surface area (Å²) in [6, 6.07) is 2.36. The summed E-state index contributed by atoms with van der Waals surface area (Å²) in [5.41, 5.74) is 0.867. The van der Waals surface area contributed by atoms with Crippen LogP contribution in [-0.4, -0.2) is 30.3 Å². The number of hydrogen-bond acceptors (Lipinski definition) is 4. The van der Waals surface area contributed by atoms with E-state index in [0.29, 0.717) is 18.4 Å². The number of rotatable bonds is 6. The lowest BCUT2D eigenvalue weighted by Gasteiger charge is -2.21. The molecule has 1 aromatic heterocycles. The van der Waals surface area contributed by atoms with Gasteiger partial charge in [-0.05, 0) is 39.3 Å². The van der Waals surface area contributed by atoms with Gasteiger partial charge in [0, 0.05) is 17.8 Å². The van der Waals surface area contributed by atoms with Crippen LogP contribution in [0.3, 0.4) is 0 Å². The van der Waals surface area contributed by atoms with Gasteiger partial charge < -0.3 is 14.8 Å². The van der Waals surface area contributed by atoms with E-state index in [1.165, 1.54) is 12.8 Å². The van der Waals surface area contributed by atoms with Crippen molar-refractivity contribution in [2.75, 3.05) is 13.2 Å². The molecule has 2 heterocycles. The van der Waals surface area contributed by atoms with E-state index in [-0.39, 0.29) is 6.10 Å². The molecule has 2 atom stereocenters. The van der Waals surface area contributed by atoms with Gasteiger partial charge in [0.2, 0.25) is 0 Å². The van der Waals surface area contributed by atoms with Crippen molar-refractivity contribution in [3.05, 3.63) is 30.6 Å². The molecule has 1 aromatic rings. The molecule has 1 fully saturated rings. The summed E-state index contributed by atoms with van der Waals surface area (Å²) in [4.78, 5) is 4.18. The maximum atomic E-state index is 5.95. The van der Waals surface area contributed by atoms with Crippen molar-refractivity contribution >= 4 is 5.76 Å². The van der Waals surface area contributed by atoms with E-state index in [4.69, 9.17) is 9.47 Å². The Balaban J connectivity index is 2.00. The van der Waals surface area contributed by atoms with E-state index in [1.807, 2.05) is 13.0 Å². The minimum absolute atomic E-state index is 0.139. The van der Waals surface area contributed by atoms with Crippen molar-refractivity contribution in [3.63, 3.8) is 0 Å². The molecule has 0 radical (unpaired) electrons. The summed E-state index contributed by atoms with van der Waals surface area (Å²) in [5.74, 6) is 1.40. The van der Waals surface area contributed by atoms with Gasteiger partial charge in [-0.25, -0.2) is 0 Å². The number of hydrogen-bond donors (Lipinski definition) is 1. The summed E-state index contributed by atoms with van der Waals surface area (Å²) in [5, 5.41) is 3.45. The molecular weight excluding hydrogens is 240 g/mol. The molecule has 1 aliphatic rings. The fraction of sp³-hybridized carbons (Fsp3) is 0.533. The molecule has 2 rings (SSSR count). The molecule has 4 nitrogen and oxygen atoms in total. The van der Waals surface area contributed by atoms with Gasteiger partial charge in [0.1, 0.15) is 17.6 Å². The van der Waals surface area contributed by atoms with Gasteiger partial charge in [-0.15, -0.1) is 0 Å². The zero-order valence-electron chi connectivity index (χ0n) is 11.7. The second-order valence-corrected chi connectivity index (χ2v) is 4.79. The van der Waals surface area contributed by atoms with Crippen LogP contribution in [0.1, 0.15) is 32.3 Å². The molecule has 1 saturated heterocycles. The monoisotopic (exact) mass is 262 g/mol. The lowest BCUT2D eigenvalue weighted by atomic mass is 10.1. The molecule has 0 aliphatic carbocycles. The standard InChI is InChI=1S/C15H22N2O2/c1-4-18-11(2)13-8-14(10-16-9-13)19-12(3)15-6-5-7-17-15/h8-10,12,15,17H,2,4-7H2,1,3H3/t12?,15-/m0/s1. The smallest absolute Gasteiger partial charge is 0.138 e. The van der Waals surface area contributed by atoms with Crippen molar-refractivity contribution in [2.24, 2.45) is 0 Å². The van der Waals surface area contributed by atoms with E-state index >= 15 is 0 Å². The molecule has 1 N–H and O–H groups in total. The lowest BCUT2D eigenvalue weighted by molar-refractivity contribution is 0.179. The molecule has 1 aliphatic heterocycles. The van der Waals surface area contributed by atoms with Crippen LogP contribution in [0.5, 0.6) is 5.75 Å². The third-order valence-corrected chi connectivity index (χ3v) is 3.34. The molecule has 19 heavy (non-hydrogen) atoms. The van der Waals surface area contributed by atoms with Crippen LogP contribution in [0.4, 0.5) is 0 Å². The third-order valence-electron chi connectivity index (χ3n) is 3.34. The molecule has 0 bridgehead atoms. The van der Waals surface area contributed by atoms with Crippen molar-refractivity contribution in [2.45, 2.75) is 38.8 Å². The summed E-state index contributed by atoms with van der Waals surface area (Å²) in [6.07, 6.45) is 6.00. The molecule has 104 valence electrons. The van der Waals surface area contributed by atoms with Crippen LogP contribution >= 0.6 is 0 Å². The molecule has 0 saturated carbocycles. The third kappa shape index (κ3) is 3.70. The highest BCUT2D eigenvalue weighted by Gasteiger charge is 2.22. The molecular formula is C15H22N2O2. The number of ether oxygens (including phenoxy) is 2. The Hall–Kier alpha value is -1.55. The van der Waals surface area contributed by atoms with Crippen molar-refractivity contribution in [1.29, 1.82) is 0 Å². The van der Waals surface area contributed by atoms with Crippen LogP contribution < -0.4 is 10.1 Å². The summed E-state index contributed by atoms with van der Waals surface area (Å²) in [7, 11) is 0. The van der Waals surface area contributed by atoms with Gasteiger partial charge in [0.05, 0.1) is 12.8 Å². The second kappa shape index (κ2) is 6.57. The predicted molar refractivity (Wildman–Crippen MR) is 76.0 cm³/mol. The SMILES string of the molecule is C=C(OCC)c1cncc(OC(C)[C@@H]2CCCN2)c1. The number of nitrogens with zero attached hydrogens (tertiary/aromatic N) is 1. The topological polar surface area (TPSA) is 43.4 Å². The maximum absolute atomic E-state index is 5.95. The normalized spacial score (nSPS) is 20.0. The van der Waals surface area contributed by atoms with Gasteiger partial charge >= 0.3 is 0 Å². The number of aromatic nitrogens is 1. The zero-order chi connectivity index (χ0) is 13.7. The highest BCUT2D eigenvalue weighted by atomic mass is 16.5. The average molecular weight is 262 g/mol. The fourth-order valence-corrected chi connectivity index (χ4v) is 2.30. The largest absolute Gasteiger partial charge is 0.494 e. The van der Waals surface area contributed by atoms with Crippen molar-refractivity contribution < 1.29 is 9.47 Å². The van der Waals surface area contributed by atoms with Crippen LogP contribution in [0, 0.1) is 0 Å². The minimum Gasteiger partial charge on any atom is -0.494 e. The van der Waals surface area contributed by atoms with Crippen LogP contribution in [-0.2, 0) is 4.74 Å². The Labute approximate surface area is 114 Å². The Morgan fingerprint density at radius 2 is 2.42 bits per heavy atom. The fourth-order valence-electron chi connectivity index (χ4n) is 2.30. The van der Waals surface area contributed by atoms with E-state index < -0.39 is 0 Å². The van der Waals surface area contributed by atoms with Gasteiger partial charge in [0.15, 0.2) is 0 Å². The number of pyridine rings is 1.